The molecule has 1 aromatic heterocycles. The van der Waals surface area contributed by atoms with Gasteiger partial charge in [-0.3, -0.25) is 0 Å². The van der Waals surface area contributed by atoms with Crippen molar-refractivity contribution in [2.45, 2.75) is 32.2 Å². The third-order valence-corrected chi connectivity index (χ3v) is 3.88. The Hall–Kier alpha value is -1.28. The van der Waals surface area contributed by atoms with Crippen LogP contribution in [-0.4, -0.2) is 4.57 Å². The quantitative estimate of drug-likeness (QED) is 0.718. The van der Waals surface area contributed by atoms with Crippen LogP contribution in [0.4, 0.5) is 0 Å². The average Bonchev–Trinajstić information content (AvgIpc) is 2.56. The average molecular weight is 214 g/mol. The highest BCUT2D eigenvalue weighted by atomic mass is 15.0. The Morgan fingerprint density at radius 2 is 2.19 bits per heavy atom. The Bertz CT molecular complexity index is 551. The Kier molecular flexibility index (Phi) is 2.08. The number of nitrogens with two attached hydrogens (primary N) is 1. The molecular weight excluding hydrogens is 196 g/mol. The standard InChI is InChI=1S/C14H18N2/c1-9-5-3-6-10-13-11(15)7-4-8-12(13)16(2)14(9)10/h3,5-6,11H,4,7-8,15H2,1-2H3. The molecule has 0 saturated heterocycles. The first-order valence-corrected chi connectivity index (χ1v) is 6.02. The van der Waals surface area contributed by atoms with Gasteiger partial charge in [0.25, 0.3) is 0 Å². The second-order valence-electron chi connectivity index (χ2n) is 4.89. The van der Waals surface area contributed by atoms with E-state index >= 15 is 0 Å². The van der Waals surface area contributed by atoms with E-state index in [1.54, 1.807) is 0 Å². The molecule has 1 aliphatic rings. The Labute approximate surface area is 96.1 Å². The third kappa shape index (κ3) is 1.17. The number of rotatable bonds is 0. The van der Waals surface area contributed by atoms with Gasteiger partial charge < -0.3 is 10.3 Å². The zero-order valence-electron chi connectivity index (χ0n) is 9.96. The van der Waals surface area contributed by atoms with Gasteiger partial charge in [0.2, 0.25) is 0 Å². The van der Waals surface area contributed by atoms with E-state index in [-0.39, 0.29) is 6.04 Å². The summed E-state index contributed by atoms with van der Waals surface area (Å²) in [7, 11) is 2.17. The van der Waals surface area contributed by atoms with E-state index < -0.39 is 0 Å². The molecule has 2 heteroatoms. The van der Waals surface area contributed by atoms with E-state index in [4.69, 9.17) is 5.73 Å². The summed E-state index contributed by atoms with van der Waals surface area (Å²) in [6.07, 6.45) is 3.52. The number of fused-ring (bicyclic) bond motifs is 3. The van der Waals surface area contributed by atoms with Crippen molar-refractivity contribution in [2.75, 3.05) is 0 Å². The van der Waals surface area contributed by atoms with Gasteiger partial charge in [-0.1, -0.05) is 18.2 Å². The van der Waals surface area contributed by atoms with Gasteiger partial charge in [0.15, 0.2) is 0 Å². The first-order chi connectivity index (χ1) is 7.70. The number of hydrogen-bond acceptors (Lipinski definition) is 1. The molecule has 0 amide bonds. The highest BCUT2D eigenvalue weighted by molar-refractivity contribution is 5.88. The first-order valence-electron chi connectivity index (χ1n) is 6.02. The van der Waals surface area contributed by atoms with Crippen LogP contribution in [0.15, 0.2) is 18.2 Å². The van der Waals surface area contributed by atoms with Gasteiger partial charge >= 0.3 is 0 Å². The molecule has 1 atom stereocenters. The Morgan fingerprint density at radius 1 is 1.38 bits per heavy atom. The second-order valence-corrected chi connectivity index (χ2v) is 4.89. The lowest BCUT2D eigenvalue weighted by molar-refractivity contribution is 0.557. The van der Waals surface area contributed by atoms with Crippen LogP contribution < -0.4 is 5.73 Å². The second kappa shape index (κ2) is 3.36. The van der Waals surface area contributed by atoms with Gasteiger partial charge in [0, 0.05) is 24.2 Å². The summed E-state index contributed by atoms with van der Waals surface area (Å²) in [4.78, 5) is 0. The van der Waals surface area contributed by atoms with Crippen LogP contribution in [0.3, 0.4) is 0 Å². The van der Waals surface area contributed by atoms with Crippen molar-refractivity contribution in [3.63, 3.8) is 0 Å². The van der Waals surface area contributed by atoms with Crippen LogP contribution in [0.1, 0.15) is 35.7 Å². The highest BCUT2D eigenvalue weighted by Gasteiger charge is 2.24. The van der Waals surface area contributed by atoms with Crippen LogP contribution in [0, 0.1) is 6.92 Å². The van der Waals surface area contributed by atoms with Gasteiger partial charge in [0.05, 0.1) is 5.52 Å². The van der Waals surface area contributed by atoms with E-state index in [0.717, 1.165) is 6.42 Å². The molecule has 2 aromatic rings. The molecular formula is C14H18N2. The minimum atomic E-state index is 0.231. The summed E-state index contributed by atoms with van der Waals surface area (Å²) >= 11 is 0. The van der Waals surface area contributed by atoms with Crippen molar-refractivity contribution in [3.8, 4) is 0 Å². The summed E-state index contributed by atoms with van der Waals surface area (Å²) in [5.74, 6) is 0. The van der Waals surface area contributed by atoms with Crippen molar-refractivity contribution in [1.29, 1.82) is 0 Å². The summed E-state index contributed by atoms with van der Waals surface area (Å²) < 4.78 is 2.35. The maximum Gasteiger partial charge on any atom is 0.0513 e. The zero-order valence-corrected chi connectivity index (χ0v) is 9.96. The van der Waals surface area contributed by atoms with Crippen LogP contribution in [0.25, 0.3) is 10.9 Å². The lowest BCUT2D eigenvalue weighted by Crippen LogP contribution is -2.17. The first kappa shape index (κ1) is 9.91. The number of hydrogen-bond donors (Lipinski definition) is 1. The minimum absolute atomic E-state index is 0.231. The Balaban J connectivity index is 2.44. The monoisotopic (exact) mass is 214 g/mol. The fourth-order valence-electron chi connectivity index (χ4n) is 3.14. The van der Waals surface area contributed by atoms with Crippen molar-refractivity contribution in [3.05, 3.63) is 35.0 Å². The minimum Gasteiger partial charge on any atom is -0.347 e. The molecule has 0 bridgehead atoms. The van der Waals surface area contributed by atoms with Crippen molar-refractivity contribution in [2.24, 2.45) is 12.8 Å². The van der Waals surface area contributed by atoms with Crippen molar-refractivity contribution < 1.29 is 0 Å². The normalized spacial score (nSPS) is 20.1. The molecule has 84 valence electrons. The topological polar surface area (TPSA) is 30.9 Å². The number of para-hydroxylation sites is 1. The van der Waals surface area contributed by atoms with Gasteiger partial charge in [-0.2, -0.15) is 0 Å². The van der Waals surface area contributed by atoms with Gasteiger partial charge in [-0.15, -0.1) is 0 Å². The predicted molar refractivity (Wildman–Crippen MR) is 67.5 cm³/mol. The molecule has 0 spiro atoms. The molecule has 2 N–H and O–H groups in total. The van der Waals surface area contributed by atoms with Crippen LogP contribution >= 0.6 is 0 Å². The third-order valence-electron chi connectivity index (χ3n) is 3.88. The number of nitrogens with zero attached hydrogens (tertiary/aromatic N) is 1. The number of aromatic nitrogens is 1. The fraction of sp³-hybridized carbons (Fsp3) is 0.429. The van der Waals surface area contributed by atoms with Crippen molar-refractivity contribution in [1.82, 2.24) is 4.57 Å². The molecule has 3 rings (SSSR count). The predicted octanol–water partition coefficient (Wildman–Crippen LogP) is 2.82. The largest absolute Gasteiger partial charge is 0.347 e. The molecule has 2 nitrogen and oxygen atoms in total. The summed E-state index contributed by atoms with van der Waals surface area (Å²) in [6, 6.07) is 6.76. The molecule has 1 aliphatic carbocycles. The maximum absolute atomic E-state index is 6.26. The highest BCUT2D eigenvalue weighted by Crippen LogP contribution is 2.36. The van der Waals surface area contributed by atoms with Gasteiger partial charge in [-0.05, 0) is 37.3 Å². The van der Waals surface area contributed by atoms with E-state index in [2.05, 4.69) is 36.7 Å². The lowest BCUT2D eigenvalue weighted by Gasteiger charge is -2.20. The van der Waals surface area contributed by atoms with Crippen LogP contribution in [0.2, 0.25) is 0 Å². The SMILES string of the molecule is Cc1cccc2c3c(n(C)c12)CCCC3N. The molecule has 16 heavy (non-hydrogen) atoms. The Morgan fingerprint density at radius 3 is 3.00 bits per heavy atom. The maximum atomic E-state index is 6.26. The molecule has 0 saturated carbocycles. The van der Waals surface area contributed by atoms with Crippen molar-refractivity contribution >= 4 is 10.9 Å². The number of benzene rings is 1. The van der Waals surface area contributed by atoms with E-state index in [1.165, 1.54) is 40.6 Å². The van der Waals surface area contributed by atoms with Gasteiger partial charge in [0.1, 0.15) is 0 Å². The van der Waals surface area contributed by atoms with Crippen LogP contribution in [0.5, 0.6) is 0 Å². The van der Waals surface area contributed by atoms with Crippen LogP contribution in [-0.2, 0) is 13.5 Å². The van der Waals surface area contributed by atoms with E-state index in [1.807, 2.05) is 0 Å². The van der Waals surface area contributed by atoms with E-state index in [0.29, 0.717) is 0 Å². The van der Waals surface area contributed by atoms with Gasteiger partial charge in [-0.25, -0.2) is 0 Å². The molecule has 1 aromatic carbocycles. The molecule has 1 unspecified atom stereocenters. The van der Waals surface area contributed by atoms with E-state index in [9.17, 15) is 0 Å². The summed E-state index contributed by atoms with van der Waals surface area (Å²) in [5.41, 5.74) is 11.8. The molecule has 1 heterocycles. The summed E-state index contributed by atoms with van der Waals surface area (Å²) in [5, 5.41) is 1.37. The summed E-state index contributed by atoms with van der Waals surface area (Å²) in [6.45, 7) is 2.18. The molecule has 0 aliphatic heterocycles. The zero-order chi connectivity index (χ0) is 11.3. The smallest absolute Gasteiger partial charge is 0.0513 e. The lowest BCUT2D eigenvalue weighted by atomic mass is 9.91. The number of aryl methyl sites for hydroxylation is 2. The molecule has 0 radical (unpaired) electrons. The fourth-order valence-corrected chi connectivity index (χ4v) is 3.14. The molecule has 0 fully saturated rings.